The van der Waals surface area contributed by atoms with E-state index in [1.54, 1.807) is 24.0 Å². The van der Waals surface area contributed by atoms with Gasteiger partial charge in [-0.15, -0.1) is 0 Å². The number of hydrogen-bond donors (Lipinski definition) is 1. The molecule has 0 spiro atoms. The summed E-state index contributed by atoms with van der Waals surface area (Å²) < 4.78 is 13.6. The second kappa shape index (κ2) is 7.25. The van der Waals surface area contributed by atoms with Gasteiger partial charge in [0.05, 0.1) is 5.69 Å². The highest BCUT2D eigenvalue weighted by atomic mass is 19.1. The number of benzene rings is 1. The average molecular weight is 343 g/mol. The molecule has 1 aromatic heterocycles. The first-order valence-corrected chi connectivity index (χ1v) is 7.94. The molecule has 1 N–H and O–H groups in total. The molecule has 0 aliphatic carbocycles. The minimum absolute atomic E-state index is 0.0404. The third kappa shape index (κ3) is 3.90. The number of aromatic nitrogens is 2. The quantitative estimate of drug-likeness (QED) is 0.914. The number of piperazine rings is 1. The molecule has 1 saturated heterocycles. The van der Waals surface area contributed by atoms with Gasteiger partial charge in [0.25, 0.3) is 5.91 Å². The van der Waals surface area contributed by atoms with Gasteiger partial charge < -0.3 is 15.1 Å². The van der Waals surface area contributed by atoms with Crippen molar-refractivity contribution in [2.45, 2.75) is 6.92 Å². The van der Waals surface area contributed by atoms with Gasteiger partial charge in [0.2, 0.25) is 11.9 Å². The summed E-state index contributed by atoms with van der Waals surface area (Å²) in [5, 5.41) is 2.50. The molecule has 2 heterocycles. The highest BCUT2D eigenvalue weighted by molar-refractivity contribution is 6.03. The van der Waals surface area contributed by atoms with E-state index in [2.05, 4.69) is 15.3 Å². The third-order valence-electron chi connectivity index (χ3n) is 4.01. The lowest BCUT2D eigenvalue weighted by Gasteiger charge is -2.34. The molecule has 1 aliphatic rings. The third-order valence-corrected chi connectivity index (χ3v) is 4.01. The van der Waals surface area contributed by atoms with Crippen molar-refractivity contribution >= 4 is 23.5 Å². The Morgan fingerprint density at radius 2 is 1.84 bits per heavy atom. The van der Waals surface area contributed by atoms with Crippen molar-refractivity contribution in [3.05, 3.63) is 48.0 Å². The van der Waals surface area contributed by atoms with Crippen molar-refractivity contribution < 1.29 is 14.0 Å². The van der Waals surface area contributed by atoms with Crippen LogP contribution in [0.1, 0.15) is 17.4 Å². The SMILES string of the molecule is CC(=O)N1CCN(c2nccc(C(=O)Nc3ccccc3F)n2)CC1. The Kier molecular flexibility index (Phi) is 4.87. The monoisotopic (exact) mass is 343 g/mol. The molecule has 25 heavy (non-hydrogen) atoms. The average Bonchev–Trinajstić information content (AvgIpc) is 2.64. The number of halogens is 1. The van der Waals surface area contributed by atoms with E-state index in [-0.39, 0.29) is 17.3 Å². The maximum Gasteiger partial charge on any atom is 0.274 e. The Bertz CT molecular complexity index is 790. The molecule has 7 nitrogen and oxygen atoms in total. The fourth-order valence-corrected chi connectivity index (χ4v) is 2.60. The number of para-hydroxylation sites is 1. The number of hydrogen-bond acceptors (Lipinski definition) is 5. The number of amides is 2. The summed E-state index contributed by atoms with van der Waals surface area (Å²) in [7, 11) is 0. The normalized spacial score (nSPS) is 14.3. The van der Waals surface area contributed by atoms with E-state index < -0.39 is 11.7 Å². The van der Waals surface area contributed by atoms with Crippen LogP contribution in [0.5, 0.6) is 0 Å². The Morgan fingerprint density at radius 1 is 1.12 bits per heavy atom. The van der Waals surface area contributed by atoms with Crippen LogP contribution in [0.3, 0.4) is 0 Å². The first-order valence-electron chi connectivity index (χ1n) is 7.94. The van der Waals surface area contributed by atoms with Crippen LogP contribution in [-0.4, -0.2) is 52.9 Å². The maximum absolute atomic E-state index is 13.6. The van der Waals surface area contributed by atoms with E-state index in [4.69, 9.17) is 0 Å². The van der Waals surface area contributed by atoms with Crippen LogP contribution in [0.25, 0.3) is 0 Å². The molecule has 0 atom stereocenters. The number of carbonyl (C=O) groups is 2. The van der Waals surface area contributed by atoms with E-state index in [0.29, 0.717) is 32.1 Å². The molecule has 8 heteroatoms. The van der Waals surface area contributed by atoms with Crippen LogP contribution in [-0.2, 0) is 4.79 Å². The Morgan fingerprint density at radius 3 is 2.52 bits per heavy atom. The molecule has 1 aromatic carbocycles. The minimum atomic E-state index is -0.509. The summed E-state index contributed by atoms with van der Waals surface area (Å²) in [6.07, 6.45) is 1.50. The lowest BCUT2D eigenvalue weighted by Crippen LogP contribution is -2.48. The standard InChI is InChI=1S/C17H18FN5O2/c1-12(24)22-8-10-23(11-9-22)17-19-7-6-15(21-17)16(25)20-14-5-3-2-4-13(14)18/h2-7H,8-11H2,1H3,(H,20,25). The zero-order chi connectivity index (χ0) is 17.8. The number of rotatable bonds is 3. The molecule has 0 radical (unpaired) electrons. The highest BCUT2D eigenvalue weighted by Crippen LogP contribution is 2.15. The Labute approximate surface area is 144 Å². The molecule has 0 bridgehead atoms. The summed E-state index contributed by atoms with van der Waals surface area (Å²) in [5.41, 5.74) is 0.255. The fraction of sp³-hybridized carbons (Fsp3) is 0.294. The van der Waals surface area contributed by atoms with Crippen molar-refractivity contribution in [3.8, 4) is 0 Å². The molecule has 1 fully saturated rings. The summed E-state index contributed by atoms with van der Waals surface area (Å²) in [6.45, 7) is 3.91. The summed E-state index contributed by atoms with van der Waals surface area (Å²) in [6, 6.07) is 7.42. The summed E-state index contributed by atoms with van der Waals surface area (Å²) in [4.78, 5) is 35.8. The summed E-state index contributed by atoms with van der Waals surface area (Å²) >= 11 is 0. The van der Waals surface area contributed by atoms with Gasteiger partial charge in [0.15, 0.2) is 0 Å². The van der Waals surface area contributed by atoms with Gasteiger partial charge in [0, 0.05) is 39.3 Å². The maximum atomic E-state index is 13.6. The second-order valence-electron chi connectivity index (χ2n) is 5.67. The summed E-state index contributed by atoms with van der Waals surface area (Å²) in [5.74, 6) is -0.551. The van der Waals surface area contributed by atoms with E-state index in [9.17, 15) is 14.0 Å². The Balaban J connectivity index is 1.70. The molecule has 1 aliphatic heterocycles. The number of nitrogens with one attached hydrogen (secondary N) is 1. The van der Waals surface area contributed by atoms with Crippen molar-refractivity contribution in [2.75, 3.05) is 36.4 Å². The fourth-order valence-electron chi connectivity index (χ4n) is 2.60. The lowest BCUT2D eigenvalue weighted by atomic mass is 10.3. The van der Waals surface area contributed by atoms with Gasteiger partial charge in [-0.05, 0) is 18.2 Å². The zero-order valence-corrected chi connectivity index (χ0v) is 13.8. The zero-order valence-electron chi connectivity index (χ0n) is 13.8. The van der Waals surface area contributed by atoms with Gasteiger partial charge in [-0.3, -0.25) is 9.59 Å². The lowest BCUT2D eigenvalue weighted by molar-refractivity contribution is -0.129. The topological polar surface area (TPSA) is 78.4 Å². The Hall–Kier alpha value is -3.03. The van der Waals surface area contributed by atoms with Gasteiger partial charge in [-0.1, -0.05) is 12.1 Å². The molecular weight excluding hydrogens is 325 g/mol. The first kappa shape index (κ1) is 16.8. The molecule has 0 saturated carbocycles. The number of anilines is 2. The smallest absolute Gasteiger partial charge is 0.274 e. The van der Waals surface area contributed by atoms with E-state index in [0.717, 1.165) is 0 Å². The predicted octanol–water partition coefficient (Wildman–Crippen LogP) is 1.54. The molecule has 130 valence electrons. The molecule has 3 rings (SSSR count). The van der Waals surface area contributed by atoms with Gasteiger partial charge >= 0.3 is 0 Å². The highest BCUT2D eigenvalue weighted by Gasteiger charge is 2.21. The van der Waals surface area contributed by atoms with Crippen LogP contribution in [0.4, 0.5) is 16.0 Å². The van der Waals surface area contributed by atoms with Crippen LogP contribution in [0.2, 0.25) is 0 Å². The molecular formula is C17H18FN5O2. The van der Waals surface area contributed by atoms with E-state index >= 15 is 0 Å². The predicted molar refractivity (Wildman–Crippen MR) is 90.9 cm³/mol. The van der Waals surface area contributed by atoms with Crippen molar-refractivity contribution in [1.82, 2.24) is 14.9 Å². The van der Waals surface area contributed by atoms with Crippen molar-refractivity contribution in [1.29, 1.82) is 0 Å². The first-order chi connectivity index (χ1) is 12.0. The van der Waals surface area contributed by atoms with Crippen LogP contribution in [0, 0.1) is 5.82 Å². The van der Waals surface area contributed by atoms with Crippen molar-refractivity contribution in [3.63, 3.8) is 0 Å². The van der Waals surface area contributed by atoms with Gasteiger partial charge in [-0.25, -0.2) is 14.4 Å². The van der Waals surface area contributed by atoms with Crippen LogP contribution < -0.4 is 10.2 Å². The van der Waals surface area contributed by atoms with Gasteiger partial charge in [-0.2, -0.15) is 0 Å². The van der Waals surface area contributed by atoms with Crippen LogP contribution >= 0.6 is 0 Å². The molecule has 2 aromatic rings. The number of carbonyl (C=O) groups excluding carboxylic acids is 2. The largest absolute Gasteiger partial charge is 0.339 e. The van der Waals surface area contributed by atoms with Crippen LogP contribution in [0.15, 0.2) is 36.5 Å². The second-order valence-corrected chi connectivity index (χ2v) is 5.67. The minimum Gasteiger partial charge on any atom is -0.339 e. The number of nitrogens with zero attached hydrogens (tertiary/aromatic N) is 4. The van der Waals surface area contributed by atoms with E-state index in [1.165, 1.54) is 24.4 Å². The van der Waals surface area contributed by atoms with Gasteiger partial charge in [0.1, 0.15) is 11.5 Å². The molecule has 2 amide bonds. The van der Waals surface area contributed by atoms with E-state index in [1.807, 2.05) is 4.90 Å². The van der Waals surface area contributed by atoms with Crippen molar-refractivity contribution in [2.24, 2.45) is 0 Å². The molecule has 0 unspecified atom stereocenters.